The molecule has 0 spiro atoms. The summed E-state index contributed by atoms with van der Waals surface area (Å²) in [5.74, 6) is -4.94. The van der Waals surface area contributed by atoms with Gasteiger partial charge in [0.2, 0.25) is 17.7 Å². The van der Waals surface area contributed by atoms with Crippen molar-refractivity contribution in [3.8, 4) is 0 Å². The van der Waals surface area contributed by atoms with Crippen LogP contribution in [0, 0.1) is 11.8 Å². The number of amides is 3. The van der Waals surface area contributed by atoms with Crippen molar-refractivity contribution in [3.05, 3.63) is 36.0 Å². The second-order valence-electron chi connectivity index (χ2n) is 10.2. The van der Waals surface area contributed by atoms with Crippen LogP contribution in [-0.2, 0) is 30.4 Å². The molecule has 0 radical (unpaired) electrons. The van der Waals surface area contributed by atoms with Crippen LogP contribution >= 0.6 is 0 Å². The molecular formula is C28H41N5O7. The van der Waals surface area contributed by atoms with Gasteiger partial charge >= 0.3 is 11.9 Å². The van der Waals surface area contributed by atoms with E-state index in [1.807, 2.05) is 38.1 Å². The molecule has 12 heteroatoms. The van der Waals surface area contributed by atoms with Gasteiger partial charge in [-0.25, -0.2) is 4.79 Å². The van der Waals surface area contributed by atoms with Gasteiger partial charge in [-0.2, -0.15) is 0 Å². The van der Waals surface area contributed by atoms with Crippen LogP contribution < -0.4 is 21.7 Å². The van der Waals surface area contributed by atoms with E-state index in [0.717, 1.165) is 16.5 Å². The molecule has 220 valence electrons. The zero-order valence-electron chi connectivity index (χ0n) is 23.4. The summed E-state index contributed by atoms with van der Waals surface area (Å²) in [6, 6.07) is 2.94. The number of carboxylic acid groups (broad SMARTS) is 2. The Morgan fingerprint density at radius 1 is 0.875 bits per heavy atom. The molecule has 8 N–H and O–H groups in total. The topological polar surface area (TPSA) is 204 Å². The first-order valence-electron chi connectivity index (χ1n) is 13.6. The van der Waals surface area contributed by atoms with Gasteiger partial charge in [0.15, 0.2) is 0 Å². The van der Waals surface area contributed by atoms with Gasteiger partial charge in [0.05, 0.1) is 6.04 Å². The van der Waals surface area contributed by atoms with E-state index >= 15 is 0 Å². The van der Waals surface area contributed by atoms with E-state index in [9.17, 15) is 29.1 Å². The molecule has 0 aliphatic rings. The van der Waals surface area contributed by atoms with Crippen molar-refractivity contribution in [2.75, 3.05) is 0 Å². The summed E-state index contributed by atoms with van der Waals surface area (Å²) in [6.45, 7) is 7.14. The summed E-state index contributed by atoms with van der Waals surface area (Å²) in [7, 11) is 0. The molecule has 3 amide bonds. The molecule has 0 aliphatic carbocycles. The van der Waals surface area contributed by atoms with Gasteiger partial charge in [-0.3, -0.25) is 19.2 Å². The van der Waals surface area contributed by atoms with E-state index in [4.69, 9.17) is 10.8 Å². The fourth-order valence-electron chi connectivity index (χ4n) is 4.30. The van der Waals surface area contributed by atoms with Gasteiger partial charge in [0, 0.05) is 29.9 Å². The van der Waals surface area contributed by atoms with Crippen LogP contribution in [0.3, 0.4) is 0 Å². The van der Waals surface area contributed by atoms with Gasteiger partial charge in [0.25, 0.3) is 0 Å². The van der Waals surface area contributed by atoms with E-state index in [1.54, 1.807) is 20.0 Å². The van der Waals surface area contributed by atoms with E-state index in [0.29, 0.717) is 12.8 Å². The maximum Gasteiger partial charge on any atom is 0.326 e. The number of rotatable bonds is 16. The van der Waals surface area contributed by atoms with Gasteiger partial charge in [0.1, 0.15) is 18.1 Å². The van der Waals surface area contributed by atoms with Crippen LogP contribution in [0.2, 0.25) is 0 Å². The Kier molecular flexibility index (Phi) is 12.1. The smallest absolute Gasteiger partial charge is 0.326 e. The number of nitrogens with two attached hydrogens (primary N) is 1. The standard InChI is InChI=1S/C28H41N5O7/c1-5-15(3)23(27(38)33-24(28(39)40)16(4)6-2)32-26(37)21(31-25(36)19(29)11-12-22(34)35)13-17-14-30-20-10-8-7-9-18(17)20/h7-10,14-16,19,21,23-24,30H,5-6,11-13,29H2,1-4H3,(H,31,36)(H,32,37)(H,33,38)(H,34,35)(H,39,40). The van der Waals surface area contributed by atoms with Gasteiger partial charge < -0.3 is 36.9 Å². The maximum absolute atomic E-state index is 13.6. The fourth-order valence-corrected chi connectivity index (χ4v) is 4.30. The van der Waals surface area contributed by atoms with Gasteiger partial charge in [-0.05, 0) is 29.9 Å². The first kappa shape index (κ1) is 32.3. The van der Waals surface area contributed by atoms with Gasteiger partial charge in [-0.15, -0.1) is 0 Å². The first-order chi connectivity index (χ1) is 18.9. The number of para-hydroxylation sites is 1. The number of carbonyl (C=O) groups excluding carboxylic acids is 3. The van der Waals surface area contributed by atoms with Crippen LogP contribution in [0.25, 0.3) is 10.9 Å². The van der Waals surface area contributed by atoms with Crippen molar-refractivity contribution >= 4 is 40.6 Å². The Hall–Kier alpha value is -3.93. The third kappa shape index (κ3) is 8.80. The molecule has 1 aromatic carbocycles. The van der Waals surface area contributed by atoms with E-state index in [-0.39, 0.29) is 31.1 Å². The Morgan fingerprint density at radius 2 is 1.48 bits per heavy atom. The minimum Gasteiger partial charge on any atom is -0.481 e. The molecular weight excluding hydrogens is 518 g/mol. The molecule has 0 saturated heterocycles. The molecule has 12 nitrogen and oxygen atoms in total. The highest BCUT2D eigenvalue weighted by Crippen LogP contribution is 2.20. The lowest BCUT2D eigenvalue weighted by Gasteiger charge is -2.29. The van der Waals surface area contributed by atoms with E-state index < -0.39 is 53.8 Å². The van der Waals surface area contributed by atoms with Crippen molar-refractivity contribution in [2.24, 2.45) is 17.6 Å². The summed E-state index contributed by atoms with van der Waals surface area (Å²) in [5.41, 5.74) is 7.46. The number of aliphatic carboxylic acids is 2. The highest BCUT2D eigenvalue weighted by atomic mass is 16.4. The molecule has 1 heterocycles. The molecule has 40 heavy (non-hydrogen) atoms. The van der Waals surface area contributed by atoms with E-state index in [1.165, 1.54) is 0 Å². The van der Waals surface area contributed by atoms with Crippen LogP contribution in [0.15, 0.2) is 30.5 Å². The number of H-pyrrole nitrogens is 1. The molecule has 6 atom stereocenters. The zero-order valence-corrected chi connectivity index (χ0v) is 23.4. The number of benzene rings is 1. The van der Waals surface area contributed by atoms with Crippen molar-refractivity contribution in [3.63, 3.8) is 0 Å². The summed E-state index contributed by atoms with van der Waals surface area (Å²) in [5, 5.41) is 27.3. The van der Waals surface area contributed by atoms with Crippen LogP contribution in [0.1, 0.15) is 58.9 Å². The van der Waals surface area contributed by atoms with Crippen molar-refractivity contribution < 1.29 is 34.2 Å². The van der Waals surface area contributed by atoms with Crippen molar-refractivity contribution in [1.29, 1.82) is 0 Å². The zero-order chi connectivity index (χ0) is 30.0. The van der Waals surface area contributed by atoms with Gasteiger partial charge in [-0.1, -0.05) is 58.7 Å². The average molecular weight is 560 g/mol. The van der Waals surface area contributed by atoms with E-state index in [2.05, 4.69) is 20.9 Å². The van der Waals surface area contributed by atoms with Crippen molar-refractivity contribution in [2.45, 2.75) is 84.0 Å². The fraction of sp³-hybridized carbons (Fsp3) is 0.536. The summed E-state index contributed by atoms with van der Waals surface area (Å²) < 4.78 is 0. The number of hydrogen-bond donors (Lipinski definition) is 7. The molecule has 1 aromatic heterocycles. The molecule has 2 rings (SSSR count). The molecule has 0 saturated carbocycles. The summed E-state index contributed by atoms with van der Waals surface area (Å²) in [4.78, 5) is 65.5. The van der Waals surface area contributed by atoms with Crippen LogP contribution in [-0.4, -0.2) is 69.0 Å². The predicted molar refractivity (Wildman–Crippen MR) is 149 cm³/mol. The Morgan fingerprint density at radius 3 is 2.08 bits per heavy atom. The number of nitrogens with one attached hydrogen (secondary N) is 4. The lowest BCUT2D eigenvalue weighted by molar-refractivity contribution is -0.144. The second kappa shape index (κ2) is 15.0. The normalized spacial score (nSPS) is 15.7. The Balaban J connectivity index is 2.32. The number of hydrogen-bond acceptors (Lipinski definition) is 6. The van der Waals surface area contributed by atoms with Crippen LogP contribution in [0.4, 0.5) is 0 Å². The SMILES string of the molecule is CCC(C)C(NC(=O)C(NC(=O)C(Cc1c[nH]c2ccccc12)NC(=O)C(N)CCC(=O)O)C(C)CC)C(=O)O. The second-order valence-corrected chi connectivity index (χ2v) is 10.2. The minimum absolute atomic E-state index is 0.0622. The van der Waals surface area contributed by atoms with Crippen LogP contribution in [0.5, 0.6) is 0 Å². The predicted octanol–water partition coefficient (Wildman–Crippen LogP) is 1.53. The maximum atomic E-state index is 13.6. The summed E-state index contributed by atoms with van der Waals surface area (Å²) in [6.07, 6.45) is 2.39. The highest BCUT2D eigenvalue weighted by molar-refractivity contribution is 5.95. The molecule has 6 unspecified atom stereocenters. The highest BCUT2D eigenvalue weighted by Gasteiger charge is 2.34. The number of fused-ring (bicyclic) bond motifs is 1. The number of aromatic nitrogens is 1. The lowest BCUT2D eigenvalue weighted by atomic mass is 9.94. The molecule has 2 aromatic rings. The third-order valence-electron chi connectivity index (χ3n) is 7.31. The minimum atomic E-state index is -1.17. The average Bonchev–Trinajstić information content (AvgIpc) is 3.34. The quantitative estimate of drug-likeness (QED) is 0.160. The summed E-state index contributed by atoms with van der Waals surface area (Å²) >= 11 is 0. The monoisotopic (exact) mass is 559 g/mol. The Labute approximate surface area is 233 Å². The number of aromatic amines is 1. The van der Waals surface area contributed by atoms with Crippen molar-refractivity contribution in [1.82, 2.24) is 20.9 Å². The number of carboxylic acids is 2. The first-order valence-corrected chi connectivity index (χ1v) is 13.6. The largest absolute Gasteiger partial charge is 0.481 e. The lowest BCUT2D eigenvalue weighted by Crippen LogP contribution is -2.59. The molecule has 0 aliphatic heterocycles. The molecule has 0 bridgehead atoms. The Bertz CT molecular complexity index is 1200. The molecule has 0 fully saturated rings. The third-order valence-corrected chi connectivity index (χ3v) is 7.31. The number of carbonyl (C=O) groups is 5.